The molecule has 0 heterocycles. The summed E-state index contributed by atoms with van der Waals surface area (Å²) in [7, 11) is -2.76. The van der Waals surface area contributed by atoms with Crippen LogP contribution in [0.3, 0.4) is 0 Å². The molecule has 4 aromatic rings. The maximum absolute atomic E-state index is 14.5. The van der Waals surface area contributed by atoms with Gasteiger partial charge in [-0.1, -0.05) is 83.9 Å². The van der Waals surface area contributed by atoms with Crippen molar-refractivity contribution in [2.24, 2.45) is 0 Å². The lowest BCUT2D eigenvalue weighted by molar-refractivity contribution is -0.140. The Kier molecular flexibility index (Phi) is 11.5. The Morgan fingerprint density at radius 2 is 1.53 bits per heavy atom. The summed E-state index contributed by atoms with van der Waals surface area (Å²) >= 11 is 12.7. The van der Waals surface area contributed by atoms with Crippen molar-refractivity contribution in [3.8, 4) is 5.75 Å². The summed E-state index contributed by atoms with van der Waals surface area (Å²) in [6.45, 7) is 2.98. The summed E-state index contributed by atoms with van der Waals surface area (Å²) in [5.41, 5.74) is 1.59. The van der Waals surface area contributed by atoms with Crippen LogP contribution in [0.15, 0.2) is 108 Å². The first-order chi connectivity index (χ1) is 21.5. The molecule has 2 amide bonds. The number of amides is 2. The van der Waals surface area contributed by atoms with Crippen LogP contribution in [0.2, 0.25) is 10.0 Å². The van der Waals surface area contributed by atoms with E-state index in [1.807, 2.05) is 44.2 Å². The second-order valence-electron chi connectivity index (χ2n) is 10.7. The molecule has 0 spiro atoms. The number of halogens is 2. The Morgan fingerprint density at radius 1 is 0.867 bits per heavy atom. The van der Waals surface area contributed by atoms with Gasteiger partial charge >= 0.3 is 0 Å². The molecule has 0 saturated heterocycles. The lowest BCUT2D eigenvalue weighted by atomic mass is 10.0. The zero-order valence-corrected chi connectivity index (χ0v) is 27.5. The van der Waals surface area contributed by atoms with E-state index in [-0.39, 0.29) is 35.5 Å². The Balaban J connectivity index is 1.83. The number of nitrogens with zero attached hydrogens (tertiary/aromatic N) is 2. The normalized spacial score (nSPS) is 12.0. The van der Waals surface area contributed by atoms with Gasteiger partial charge in [-0.05, 0) is 61.4 Å². The predicted octanol–water partition coefficient (Wildman–Crippen LogP) is 6.36. The summed E-state index contributed by atoms with van der Waals surface area (Å²) < 4.78 is 34.5. The molecular formula is C34H35Cl2N3O5S. The van der Waals surface area contributed by atoms with Crippen LogP contribution in [-0.2, 0) is 32.6 Å². The van der Waals surface area contributed by atoms with Crippen molar-refractivity contribution in [1.29, 1.82) is 0 Å². The molecule has 4 rings (SSSR count). The Hall–Kier alpha value is -4.05. The first kappa shape index (κ1) is 33.8. The van der Waals surface area contributed by atoms with Gasteiger partial charge in [-0.25, -0.2) is 8.42 Å². The molecule has 4 aromatic carbocycles. The quantitative estimate of drug-likeness (QED) is 0.179. The number of hydrogen-bond acceptors (Lipinski definition) is 5. The fourth-order valence-electron chi connectivity index (χ4n) is 4.78. The standard InChI is InChI=1S/C34H35Cl2N3O5S/c1-24(2)37-34(41)32(19-25-11-6-4-7-12-25)38(22-26-17-18-27(35)20-31(26)36)33(40)23-39(28-13-10-14-29(21-28)44-3)45(42,43)30-15-8-5-9-16-30/h4-18,20-21,24,32H,19,22-23H2,1-3H3,(H,37,41)/t32-/m1/s1. The minimum Gasteiger partial charge on any atom is -0.497 e. The maximum Gasteiger partial charge on any atom is 0.264 e. The molecule has 8 nitrogen and oxygen atoms in total. The van der Waals surface area contributed by atoms with Crippen molar-refractivity contribution >= 4 is 50.7 Å². The van der Waals surface area contributed by atoms with E-state index in [4.69, 9.17) is 27.9 Å². The third kappa shape index (κ3) is 8.78. The van der Waals surface area contributed by atoms with Gasteiger partial charge in [0.25, 0.3) is 10.0 Å². The molecule has 0 aliphatic carbocycles. The van der Waals surface area contributed by atoms with Gasteiger partial charge in [0.15, 0.2) is 0 Å². The summed E-state index contributed by atoms with van der Waals surface area (Å²) in [5, 5.41) is 3.65. The van der Waals surface area contributed by atoms with Crippen molar-refractivity contribution in [2.45, 2.75) is 43.8 Å². The van der Waals surface area contributed by atoms with Crippen molar-refractivity contribution in [1.82, 2.24) is 10.2 Å². The molecule has 1 atom stereocenters. The molecule has 0 aliphatic rings. The van der Waals surface area contributed by atoms with Crippen LogP contribution >= 0.6 is 23.2 Å². The van der Waals surface area contributed by atoms with Crippen LogP contribution in [0.5, 0.6) is 5.75 Å². The topological polar surface area (TPSA) is 96.0 Å². The van der Waals surface area contributed by atoms with Crippen LogP contribution in [0, 0.1) is 0 Å². The first-order valence-electron chi connectivity index (χ1n) is 14.3. The van der Waals surface area contributed by atoms with Crippen molar-refractivity contribution < 1.29 is 22.7 Å². The zero-order valence-electron chi connectivity index (χ0n) is 25.2. The number of sulfonamides is 1. The van der Waals surface area contributed by atoms with E-state index in [2.05, 4.69) is 5.32 Å². The Bertz CT molecular complexity index is 1720. The molecule has 11 heteroatoms. The van der Waals surface area contributed by atoms with E-state index >= 15 is 0 Å². The molecule has 45 heavy (non-hydrogen) atoms. The lowest BCUT2D eigenvalue weighted by Gasteiger charge is -2.34. The van der Waals surface area contributed by atoms with Gasteiger partial charge in [0.2, 0.25) is 11.8 Å². The Morgan fingerprint density at radius 3 is 2.16 bits per heavy atom. The molecule has 0 aliphatic heterocycles. The van der Waals surface area contributed by atoms with E-state index in [1.54, 1.807) is 60.7 Å². The second-order valence-corrected chi connectivity index (χ2v) is 13.4. The molecule has 0 saturated carbocycles. The molecule has 1 N–H and O–H groups in total. The fourth-order valence-corrected chi connectivity index (χ4v) is 6.68. The van der Waals surface area contributed by atoms with Crippen LogP contribution in [-0.4, -0.2) is 50.9 Å². The molecule has 236 valence electrons. The van der Waals surface area contributed by atoms with E-state index in [1.165, 1.54) is 24.1 Å². The number of nitrogens with one attached hydrogen (secondary N) is 1. The number of rotatable bonds is 13. The maximum atomic E-state index is 14.5. The number of carbonyl (C=O) groups is 2. The average molecular weight is 669 g/mol. The largest absolute Gasteiger partial charge is 0.497 e. The number of carbonyl (C=O) groups excluding carboxylic acids is 2. The molecule has 0 fully saturated rings. The van der Waals surface area contributed by atoms with E-state index in [9.17, 15) is 18.0 Å². The third-order valence-corrected chi connectivity index (χ3v) is 9.38. The van der Waals surface area contributed by atoms with E-state index in [0.717, 1.165) is 9.87 Å². The van der Waals surface area contributed by atoms with Gasteiger partial charge in [-0.15, -0.1) is 0 Å². The highest BCUT2D eigenvalue weighted by molar-refractivity contribution is 7.92. The van der Waals surface area contributed by atoms with Gasteiger partial charge in [0, 0.05) is 35.1 Å². The van der Waals surface area contributed by atoms with Crippen LogP contribution in [0.1, 0.15) is 25.0 Å². The molecule has 0 aromatic heterocycles. The summed E-state index contributed by atoms with van der Waals surface area (Å²) in [5.74, 6) is -0.578. The number of anilines is 1. The summed E-state index contributed by atoms with van der Waals surface area (Å²) in [6.07, 6.45) is 0.181. The number of ether oxygens (including phenoxy) is 1. The van der Waals surface area contributed by atoms with Crippen molar-refractivity contribution in [3.63, 3.8) is 0 Å². The SMILES string of the molecule is COc1cccc(N(CC(=O)N(Cc2ccc(Cl)cc2Cl)[C@H](Cc2ccccc2)C(=O)NC(C)C)S(=O)(=O)c2ccccc2)c1. The monoisotopic (exact) mass is 667 g/mol. The number of hydrogen-bond donors (Lipinski definition) is 1. The van der Waals surface area contributed by atoms with Gasteiger partial charge in [0.1, 0.15) is 18.3 Å². The molecule has 0 unspecified atom stereocenters. The minimum absolute atomic E-state index is 0.00584. The molecule has 0 bridgehead atoms. The zero-order chi connectivity index (χ0) is 32.6. The third-order valence-electron chi connectivity index (χ3n) is 7.01. The van der Waals surface area contributed by atoms with Crippen molar-refractivity contribution in [2.75, 3.05) is 18.0 Å². The molecule has 0 radical (unpaired) electrons. The number of benzene rings is 4. The smallest absolute Gasteiger partial charge is 0.264 e. The first-order valence-corrected chi connectivity index (χ1v) is 16.5. The van der Waals surface area contributed by atoms with Gasteiger partial charge < -0.3 is 15.0 Å². The summed E-state index contributed by atoms with van der Waals surface area (Å²) in [4.78, 5) is 29.7. The fraction of sp³-hybridized carbons (Fsp3) is 0.235. The molecular weight excluding hydrogens is 633 g/mol. The van der Waals surface area contributed by atoms with Gasteiger partial charge in [0.05, 0.1) is 17.7 Å². The van der Waals surface area contributed by atoms with E-state index in [0.29, 0.717) is 21.4 Å². The average Bonchev–Trinajstić information content (AvgIpc) is 3.02. The van der Waals surface area contributed by atoms with Gasteiger partial charge in [-0.2, -0.15) is 0 Å². The minimum atomic E-state index is -4.23. The second kappa shape index (κ2) is 15.3. The van der Waals surface area contributed by atoms with Gasteiger partial charge in [-0.3, -0.25) is 13.9 Å². The van der Waals surface area contributed by atoms with E-state index < -0.39 is 28.5 Å². The summed E-state index contributed by atoms with van der Waals surface area (Å²) in [6, 6.07) is 27.3. The van der Waals surface area contributed by atoms with Crippen LogP contribution in [0.25, 0.3) is 0 Å². The highest BCUT2D eigenvalue weighted by Crippen LogP contribution is 2.29. The Labute approximate surface area is 274 Å². The highest BCUT2D eigenvalue weighted by Gasteiger charge is 2.35. The van der Waals surface area contributed by atoms with Crippen LogP contribution in [0.4, 0.5) is 5.69 Å². The predicted molar refractivity (Wildman–Crippen MR) is 178 cm³/mol. The van der Waals surface area contributed by atoms with Crippen LogP contribution < -0.4 is 14.4 Å². The lowest BCUT2D eigenvalue weighted by Crippen LogP contribution is -2.54. The van der Waals surface area contributed by atoms with Crippen molar-refractivity contribution in [3.05, 3.63) is 124 Å². The highest BCUT2D eigenvalue weighted by atomic mass is 35.5. The number of methoxy groups -OCH3 is 1.